The summed E-state index contributed by atoms with van der Waals surface area (Å²) in [4.78, 5) is 2.23. The van der Waals surface area contributed by atoms with Gasteiger partial charge in [-0.05, 0) is 6.92 Å². The van der Waals surface area contributed by atoms with Crippen LogP contribution in [0.5, 0.6) is 0 Å². The van der Waals surface area contributed by atoms with Crippen LogP contribution in [0.1, 0.15) is 6.92 Å². The largest absolute Gasteiger partial charge is 0.390 e. The maximum absolute atomic E-state index is 9.77. The molecule has 0 aromatic rings. The van der Waals surface area contributed by atoms with Crippen molar-refractivity contribution < 1.29 is 14.6 Å². The van der Waals surface area contributed by atoms with Gasteiger partial charge < -0.3 is 19.9 Å². The molecule has 1 unspecified atom stereocenters. The van der Waals surface area contributed by atoms with Gasteiger partial charge in [-0.15, -0.1) is 0 Å². The van der Waals surface area contributed by atoms with Crippen molar-refractivity contribution in [2.75, 3.05) is 59.2 Å². The first kappa shape index (κ1) is 13.9. The van der Waals surface area contributed by atoms with E-state index in [1.165, 1.54) is 0 Å². The van der Waals surface area contributed by atoms with Crippen LogP contribution in [0, 0.1) is 0 Å². The molecule has 16 heavy (non-hydrogen) atoms. The number of hydrogen-bond acceptors (Lipinski definition) is 5. The zero-order valence-electron chi connectivity index (χ0n) is 10.2. The molecule has 96 valence electrons. The van der Waals surface area contributed by atoms with E-state index < -0.39 is 0 Å². The third-order valence-electron chi connectivity index (χ3n) is 2.58. The highest BCUT2D eigenvalue weighted by Gasteiger charge is 2.14. The fourth-order valence-corrected chi connectivity index (χ4v) is 1.70. The molecule has 0 aromatic carbocycles. The highest BCUT2D eigenvalue weighted by molar-refractivity contribution is 4.68. The van der Waals surface area contributed by atoms with Gasteiger partial charge in [-0.2, -0.15) is 0 Å². The highest BCUT2D eigenvalue weighted by atomic mass is 16.5. The molecule has 0 aromatic heterocycles. The van der Waals surface area contributed by atoms with Gasteiger partial charge >= 0.3 is 0 Å². The van der Waals surface area contributed by atoms with Gasteiger partial charge in [-0.25, -0.2) is 0 Å². The molecule has 0 spiro atoms. The van der Waals surface area contributed by atoms with Crippen molar-refractivity contribution in [1.82, 2.24) is 10.2 Å². The Hall–Kier alpha value is -0.200. The molecular formula is C11H24N2O3. The minimum atomic E-state index is -0.306. The monoisotopic (exact) mass is 232 g/mol. The van der Waals surface area contributed by atoms with Crippen LogP contribution in [0.2, 0.25) is 0 Å². The third kappa shape index (κ3) is 6.40. The van der Waals surface area contributed by atoms with Crippen LogP contribution in [0.4, 0.5) is 0 Å². The first-order chi connectivity index (χ1) is 7.83. The Morgan fingerprint density at radius 2 is 2.19 bits per heavy atom. The number of aliphatic hydroxyl groups is 1. The zero-order valence-corrected chi connectivity index (χ0v) is 10.2. The van der Waals surface area contributed by atoms with Crippen LogP contribution in [0.25, 0.3) is 0 Å². The standard InChI is InChI=1S/C11H24N2O3/c1-2-15-6-3-12-9-11(14)10-13-4-7-16-8-5-13/h11-12,14H,2-10H2,1H3. The summed E-state index contributed by atoms with van der Waals surface area (Å²) in [7, 11) is 0. The van der Waals surface area contributed by atoms with Gasteiger partial charge in [-0.1, -0.05) is 0 Å². The first-order valence-corrected chi connectivity index (χ1v) is 6.09. The zero-order chi connectivity index (χ0) is 11.6. The molecular weight excluding hydrogens is 208 g/mol. The van der Waals surface area contributed by atoms with Crippen molar-refractivity contribution in [3.8, 4) is 0 Å². The van der Waals surface area contributed by atoms with Crippen LogP contribution in [0.15, 0.2) is 0 Å². The van der Waals surface area contributed by atoms with Crippen molar-refractivity contribution in [2.45, 2.75) is 13.0 Å². The third-order valence-corrected chi connectivity index (χ3v) is 2.58. The average molecular weight is 232 g/mol. The molecule has 0 aliphatic carbocycles. The lowest BCUT2D eigenvalue weighted by atomic mass is 10.3. The summed E-state index contributed by atoms with van der Waals surface area (Å²) in [6.45, 7) is 9.01. The van der Waals surface area contributed by atoms with E-state index in [4.69, 9.17) is 9.47 Å². The molecule has 1 aliphatic heterocycles. The fourth-order valence-electron chi connectivity index (χ4n) is 1.70. The number of nitrogens with one attached hydrogen (secondary N) is 1. The molecule has 0 bridgehead atoms. The number of aliphatic hydroxyl groups excluding tert-OH is 1. The van der Waals surface area contributed by atoms with Crippen molar-refractivity contribution in [3.63, 3.8) is 0 Å². The van der Waals surface area contributed by atoms with Crippen LogP contribution in [-0.2, 0) is 9.47 Å². The molecule has 1 saturated heterocycles. The number of nitrogens with zero attached hydrogens (tertiary/aromatic N) is 1. The maximum Gasteiger partial charge on any atom is 0.0791 e. The van der Waals surface area contributed by atoms with Crippen LogP contribution < -0.4 is 5.32 Å². The Morgan fingerprint density at radius 1 is 1.44 bits per heavy atom. The SMILES string of the molecule is CCOCCNCC(O)CN1CCOCC1. The van der Waals surface area contributed by atoms with Crippen LogP contribution in [0.3, 0.4) is 0 Å². The van der Waals surface area contributed by atoms with E-state index in [0.29, 0.717) is 13.2 Å². The highest BCUT2D eigenvalue weighted by Crippen LogP contribution is 1.97. The second-order valence-corrected chi connectivity index (χ2v) is 3.97. The van der Waals surface area contributed by atoms with Crippen molar-refractivity contribution in [1.29, 1.82) is 0 Å². The van der Waals surface area contributed by atoms with Gasteiger partial charge in [0.15, 0.2) is 0 Å². The molecule has 2 N–H and O–H groups in total. The predicted molar refractivity (Wildman–Crippen MR) is 62.6 cm³/mol. The van der Waals surface area contributed by atoms with E-state index in [-0.39, 0.29) is 6.10 Å². The van der Waals surface area contributed by atoms with Crippen molar-refractivity contribution >= 4 is 0 Å². The van der Waals surface area contributed by atoms with E-state index in [1.54, 1.807) is 0 Å². The quantitative estimate of drug-likeness (QED) is 0.542. The second-order valence-electron chi connectivity index (χ2n) is 3.97. The van der Waals surface area contributed by atoms with Gasteiger partial charge in [0.2, 0.25) is 0 Å². The number of ether oxygens (including phenoxy) is 2. The molecule has 1 atom stereocenters. The molecule has 1 heterocycles. The Balaban J connectivity index is 1.95. The number of hydrogen-bond donors (Lipinski definition) is 2. The van der Waals surface area contributed by atoms with Gasteiger partial charge in [0, 0.05) is 39.3 Å². The lowest BCUT2D eigenvalue weighted by Crippen LogP contribution is -2.44. The lowest BCUT2D eigenvalue weighted by Gasteiger charge is -2.28. The molecule has 5 nitrogen and oxygen atoms in total. The summed E-state index contributed by atoms with van der Waals surface area (Å²) in [6.07, 6.45) is -0.306. The maximum atomic E-state index is 9.77. The molecule has 1 rings (SSSR count). The van der Waals surface area contributed by atoms with E-state index in [2.05, 4.69) is 10.2 Å². The summed E-state index contributed by atoms with van der Waals surface area (Å²) in [5.74, 6) is 0. The van der Waals surface area contributed by atoms with Gasteiger partial charge in [0.25, 0.3) is 0 Å². The van der Waals surface area contributed by atoms with E-state index in [0.717, 1.165) is 46.0 Å². The smallest absolute Gasteiger partial charge is 0.0791 e. The number of morpholine rings is 1. The summed E-state index contributed by atoms with van der Waals surface area (Å²) >= 11 is 0. The molecule has 0 amide bonds. The number of β-amino-alcohol motifs (C(OH)–C–C–N with tert-alkyl or cyclic N) is 1. The van der Waals surface area contributed by atoms with Gasteiger partial charge in [0.05, 0.1) is 25.9 Å². The number of rotatable bonds is 8. The summed E-state index contributed by atoms with van der Waals surface area (Å²) < 4.78 is 10.4. The Kier molecular flexibility index (Phi) is 7.71. The van der Waals surface area contributed by atoms with Gasteiger partial charge in [-0.3, -0.25) is 4.90 Å². The van der Waals surface area contributed by atoms with E-state index in [9.17, 15) is 5.11 Å². The summed E-state index contributed by atoms with van der Waals surface area (Å²) in [5, 5.41) is 12.9. The fraction of sp³-hybridized carbons (Fsp3) is 1.00. The summed E-state index contributed by atoms with van der Waals surface area (Å²) in [5.41, 5.74) is 0. The lowest BCUT2D eigenvalue weighted by molar-refractivity contribution is 0.0146. The summed E-state index contributed by atoms with van der Waals surface area (Å²) in [6, 6.07) is 0. The minimum Gasteiger partial charge on any atom is -0.390 e. The minimum absolute atomic E-state index is 0.306. The van der Waals surface area contributed by atoms with Gasteiger partial charge in [0.1, 0.15) is 0 Å². The van der Waals surface area contributed by atoms with E-state index >= 15 is 0 Å². The van der Waals surface area contributed by atoms with Crippen molar-refractivity contribution in [2.24, 2.45) is 0 Å². The van der Waals surface area contributed by atoms with Crippen LogP contribution in [-0.4, -0.2) is 75.3 Å². The molecule has 5 heteroatoms. The normalized spacial score (nSPS) is 19.9. The topological polar surface area (TPSA) is 54.0 Å². The molecule has 1 fully saturated rings. The average Bonchev–Trinajstić information content (AvgIpc) is 2.30. The molecule has 0 saturated carbocycles. The Labute approximate surface area is 97.7 Å². The first-order valence-electron chi connectivity index (χ1n) is 6.09. The van der Waals surface area contributed by atoms with E-state index in [1.807, 2.05) is 6.92 Å². The second kappa shape index (κ2) is 8.90. The predicted octanol–water partition coefficient (Wildman–Crippen LogP) is -0.694. The van der Waals surface area contributed by atoms with Crippen LogP contribution >= 0.6 is 0 Å². The Bertz CT molecular complexity index is 163. The van der Waals surface area contributed by atoms with Crippen molar-refractivity contribution in [3.05, 3.63) is 0 Å². The Morgan fingerprint density at radius 3 is 2.88 bits per heavy atom. The molecule has 0 radical (unpaired) electrons. The molecule has 1 aliphatic rings.